The highest BCUT2D eigenvalue weighted by atomic mass is 32.2. The van der Waals surface area contributed by atoms with Gasteiger partial charge in [0.1, 0.15) is 6.04 Å². The van der Waals surface area contributed by atoms with E-state index in [0.717, 1.165) is 44.9 Å². The van der Waals surface area contributed by atoms with Crippen LogP contribution in [-0.2, 0) is 15.0 Å². The van der Waals surface area contributed by atoms with Gasteiger partial charge < -0.3 is 5.11 Å². The van der Waals surface area contributed by atoms with Crippen molar-refractivity contribution in [3.63, 3.8) is 0 Å². The first-order chi connectivity index (χ1) is 10.5. The van der Waals surface area contributed by atoms with Gasteiger partial charge in [-0.2, -0.15) is 17.0 Å². The van der Waals surface area contributed by atoms with Gasteiger partial charge in [-0.1, -0.05) is 12.8 Å². The molecule has 4 fully saturated rings. The Hall–Kier alpha value is -0.660. The molecule has 0 spiro atoms. The number of nitrogens with zero attached hydrogens (tertiary/aromatic N) is 2. The number of hydrogen-bond acceptors (Lipinski definition) is 3. The van der Waals surface area contributed by atoms with Crippen LogP contribution in [0.2, 0.25) is 0 Å². The molecule has 2 aliphatic heterocycles. The summed E-state index contributed by atoms with van der Waals surface area (Å²) in [6, 6.07) is -0.858. The third-order valence-corrected chi connectivity index (χ3v) is 8.33. The van der Waals surface area contributed by atoms with Crippen molar-refractivity contribution < 1.29 is 18.3 Å². The summed E-state index contributed by atoms with van der Waals surface area (Å²) in [6.07, 6.45) is 7.37. The van der Waals surface area contributed by atoms with E-state index in [1.807, 2.05) is 0 Å². The third kappa shape index (κ3) is 2.12. The molecular weight excluding hydrogens is 304 g/mol. The molecule has 4 rings (SSSR count). The zero-order valence-electron chi connectivity index (χ0n) is 12.7. The summed E-state index contributed by atoms with van der Waals surface area (Å²) in [6.45, 7) is 0.591. The smallest absolute Gasteiger partial charge is 0.322 e. The van der Waals surface area contributed by atoms with Gasteiger partial charge in [-0.3, -0.25) is 4.79 Å². The molecule has 2 saturated heterocycles. The molecular formula is C15H24N2O4S. The standard InChI is InChI=1S/C15H24N2O4S/c18-15(19)14-8-11-3-1-2-4-13(11)17(14)22(20,21)16-9-10-5-6-12(16)7-10/h10-14H,1-9H2,(H,18,19). The first-order valence-corrected chi connectivity index (χ1v) is 9.91. The maximum Gasteiger partial charge on any atom is 0.322 e. The van der Waals surface area contributed by atoms with E-state index < -0.39 is 22.2 Å². The van der Waals surface area contributed by atoms with Crippen LogP contribution in [0.15, 0.2) is 0 Å². The largest absolute Gasteiger partial charge is 0.480 e. The van der Waals surface area contributed by atoms with E-state index in [2.05, 4.69) is 0 Å². The fourth-order valence-electron chi connectivity index (χ4n) is 5.24. The minimum atomic E-state index is -3.65. The summed E-state index contributed by atoms with van der Waals surface area (Å²) < 4.78 is 29.4. The van der Waals surface area contributed by atoms with Gasteiger partial charge in [0.05, 0.1) is 0 Å². The van der Waals surface area contributed by atoms with Crippen LogP contribution in [0.25, 0.3) is 0 Å². The Morgan fingerprint density at radius 2 is 1.82 bits per heavy atom. The van der Waals surface area contributed by atoms with Gasteiger partial charge in [-0.05, 0) is 50.4 Å². The SMILES string of the molecule is O=C(O)C1CC2CCCCC2N1S(=O)(=O)N1CC2CCC1C2. The minimum absolute atomic E-state index is 0.0982. The summed E-state index contributed by atoms with van der Waals surface area (Å²) in [7, 11) is -3.65. The molecule has 2 saturated carbocycles. The number of carboxylic acids is 1. The van der Waals surface area contributed by atoms with Crippen molar-refractivity contribution >= 4 is 16.2 Å². The molecule has 1 N–H and O–H groups in total. The second kappa shape index (κ2) is 5.18. The lowest BCUT2D eigenvalue weighted by Gasteiger charge is -2.37. The molecule has 6 nitrogen and oxygen atoms in total. The van der Waals surface area contributed by atoms with Crippen LogP contribution in [0, 0.1) is 11.8 Å². The van der Waals surface area contributed by atoms with Gasteiger partial charge in [0.25, 0.3) is 10.2 Å². The topological polar surface area (TPSA) is 77.9 Å². The number of carbonyl (C=O) groups is 1. The third-order valence-electron chi connectivity index (χ3n) is 6.24. The van der Waals surface area contributed by atoms with E-state index >= 15 is 0 Å². The van der Waals surface area contributed by atoms with Crippen molar-refractivity contribution in [2.75, 3.05) is 6.54 Å². The molecule has 0 aromatic rings. The minimum Gasteiger partial charge on any atom is -0.480 e. The Morgan fingerprint density at radius 3 is 2.45 bits per heavy atom. The van der Waals surface area contributed by atoms with Crippen molar-refractivity contribution in [3.8, 4) is 0 Å². The molecule has 4 aliphatic rings. The first kappa shape index (κ1) is 14.9. The van der Waals surface area contributed by atoms with E-state index in [4.69, 9.17) is 0 Å². The zero-order valence-corrected chi connectivity index (χ0v) is 13.5. The molecule has 0 amide bonds. The Kier molecular flexibility index (Phi) is 3.51. The maximum atomic E-state index is 13.2. The summed E-state index contributed by atoms with van der Waals surface area (Å²) in [5.41, 5.74) is 0. The second-order valence-corrected chi connectivity index (χ2v) is 9.23. The van der Waals surface area contributed by atoms with Crippen molar-refractivity contribution in [2.45, 2.75) is 69.5 Å². The first-order valence-electron chi connectivity index (χ1n) is 8.51. The average Bonchev–Trinajstić information content (AvgIpc) is 3.20. The highest BCUT2D eigenvalue weighted by Gasteiger charge is 2.55. The number of hydrogen-bond donors (Lipinski definition) is 1. The van der Waals surface area contributed by atoms with E-state index in [1.165, 1.54) is 4.31 Å². The fraction of sp³-hybridized carbons (Fsp3) is 0.933. The number of piperidine rings is 1. The number of rotatable bonds is 3. The lowest BCUT2D eigenvalue weighted by Crippen LogP contribution is -2.54. The molecule has 5 atom stereocenters. The van der Waals surface area contributed by atoms with Crippen LogP contribution in [0.3, 0.4) is 0 Å². The molecule has 5 unspecified atom stereocenters. The van der Waals surface area contributed by atoms with Crippen molar-refractivity contribution in [1.82, 2.24) is 8.61 Å². The van der Waals surface area contributed by atoms with E-state index in [9.17, 15) is 18.3 Å². The average molecular weight is 328 g/mol. The van der Waals surface area contributed by atoms with Gasteiger partial charge in [0.15, 0.2) is 0 Å². The Labute approximate surface area is 131 Å². The number of aliphatic carboxylic acids is 1. The van der Waals surface area contributed by atoms with Crippen LogP contribution in [0.1, 0.15) is 51.4 Å². The molecule has 2 aliphatic carbocycles. The van der Waals surface area contributed by atoms with Gasteiger partial charge >= 0.3 is 5.97 Å². The predicted octanol–water partition coefficient (Wildman–Crippen LogP) is 1.43. The Balaban J connectivity index is 1.66. The highest BCUT2D eigenvalue weighted by Crippen LogP contribution is 2.45. The second-order valence-electron chi connectivity index (χ2n) is 7.44. The molecule has 124 valence electrons. The number of carboxylic acid groups (broad SMARTS) is 1. The van der Waals surface area contributed by atoms with Crippen LogP contribution in [0.4, 0.5) is 0 Å². The zero-order chi connectivity index (χ0) is 15.5. The fourth-order valence-corrected chi connectivity index (χ4v) is 7.57. The van der Waals surface area contributed by atoms with Gasteiger partial charge in [-0.25, -0.2) is 0 Å². The van der Waals surface area contributed by atoms with Crippen molar-refractivity contribution in [1.29, 1.82) is 0 Å². The number of fused-ring (bicyclic) bond motifs is 3. The van der Waals surface area contributed by atoms with Gasteiger partial charge in [0.2, 0.25) is 0 Å². The van der Waals surface area contributed by atoms with E-state index in [0.29, 0.717) is 18.9 Å². The van der Waals surface area contributed by atoms with Crippen molar-refractivity contribution in [2.24, 2.45) is 11.8 Å². The molecule has 0 aromatic heterocycles. The normalized spacial score (nSPS) is 42.6. The summed E-state index contributed by atoms with van der Waals surface area (Å²) in [5, 5.41) is 9.54. The van der Waals surface area contributed by atoms with Gasteiger partial charge in [-0.15, -0.1) is 0 Å². The molecule has 0 aromatic carbocycles. The molecule has 2 bridgehead atoms. The van der Waals surface area contributed by atoms with Crippen LogP contribution < -0.4 is 0 Å². The summed E-state index contributed by atoms with van der Waals surface area (Å²) in [5.74, 6) is -0.278. The quantitative estimate of drug-likeness (QED) is 0.850. The van der Waals surface area contributed by atoms with Crippen LogP contribution >= 0.6 is 0 Å². The summed E-state index contributed by atoms with van der Waals surface area (Å²) >= 11 is 0. The summed E-state index contributed by atoms with van der Waals surface area (Å²) in [4.78, 5) is 11.7. The molecule has 22 heavy (non-hydrogen) atoms. The molecule has 0 radical (unpaired) electrons. The van der Waals surface area contributed by atoms with Crippen LogP contribution in [-0.4, -0.2) is 52.8 Å². The Morgan fingerprint density at radius 1 is 1.05 bits per heavy atom. The highest BCUT2D eigenvalue weighted by molar-refractivity contribution is 7.86. The monoisotopic (exact) mass is 328 g/mol. The van der Waals surface area contributed by atoms with E-state index in [-0.39, 0.29) is 18.0 Å². The lowest BCUT2D eigenvalue weighted by molar-refractivity contribution is -0.141. The Bertz CT molecular complexity index is 578. The molecule has 2 heterocycles. The van der Waals surface area contributed by atoms with Gasteiger partial charge in [0, 0.05) is 18.6 Å². The maximum absolute atomic E-state index is 13.2. The molecule has 7 heteroatoms. The van der Waals surface area contributed by atoms with Crippen molar-refractivity contribution in [3.05, 3.63) is 0 Å². The predicted molar refractivity (Wildman–Crippen MR) is 80.4 cm³/mol. The van der Waals surface area contributed by atoms with E-state index in [1.54, 1.807) is 4.31 Å². The van der Waals surface area contributed by atoms with Crippen LogP contribution in [0.5, 0.6) is 0 Å². The lowest BCUT2D eigenvalue weighted by atomic mass is 9.85.